The molecule has 0 saturated heterocycles. The molecule has 0 amide bonds. The van der Waals surface area contributed by atoms with Crippen LogP contribution in [0.5, 0.6) is 0 Å². The molecule has 0 radical (unpaired) electrons. The van der Waals surface area contributed by atoms with E-state index < -0.39 is 0 Å². The summed E-state index contributed by atoms with van der Waals surface area (Å²) in [7, 11) is 4.30. The van der Waals surface area contributed by atoms with Crippen LogP contribution in [-0.4, -0.2) is 25.0 Å². The molecular weight excluding hydrogens is 194 g/mol. The predicted octanol–water partition coefficient (Wildman–Crippen LogP) is 3.47. The van der Waals surface area contributed by atoms with Crippen LogP contribution in [0.25, 0.3) is 0 Å². The third-order valence-electron chi connectivity index (χ3n) is 3.66. The summed E-state index contributed by atoms with van der Waals surface area (Å²) in [6, 6.07) is 0.572. The van der Waals surface area contributed by atoms with Gasteiger partial charge in [-0.1, -0.05) is 24.8 Å². The van der Waals surface area contributed by atoms with Gasteiger partial charge in [0.15, 0.2) is 0 Å². The third kappa shape index (κ3) is 2.05. The molecule has 1 unspecified atom stereocenters. The average Bonchev–Trinajstić information content (AvgIpc) is 2.27. The summed E-state index contributed by atoms with van der Waals surface area (Å²) in [5.74, 6) is 0. The van der Waals surface area contributed by atoms with Gasteiger partial charge in [0.05, 0.1) is 0 Å². The van der Waals surface area contributed by atoms with Crippen LogP contribution in [0.1, 0.15) is 26.2 Å². The van der Waals surface area contributed by atoms with Crippen molar-refractivity contribution in [1.82, 2.24) is 4.90 Å². The van der Waals surface area contributed by atoms with Gasteiger partial charge < -0.3 is 4.90 Å². The number of rotatable bonds is 1. The van der Waals surface area contributed by atoms with Crippen molar-refractivity contribution in [1.29, 1.82) is 0 Å². The van der Waals surface area contributed by atoms with Crippen molar-refractivity contribution >= 4 is 0 Å². The van der Waals surface area contributed by atoms with Crippen molar-refractivity contribution in [3.63, 3.8) is 0 Å². The molecule has 1 saturated carbocycles. The van der Waals surface area contributed by atoms with Crippen LogP contribution >= 0.6 is 0 Å². The van der Waals surface area contributed by atoms with E-state index in [2.05, 4.69) is 50.7 Å². The number of hydrogen-bond acceptors (Lipinski definition) is 1. The molecule has 0 spiro atoms. The molecular formula is C15H21N. The highest BCUT2D eigenvalue weighted by Gasteiger charge is 2.22. The fourth-order valence-corrected chi connectivity index (χ4v) is 2.50. The molecule has 0 bridgehead atoms. The SMILES string of the molecule is C=C1CC2=CCC(N(C)C)C=C2CC1=CC. The lowest BCUT2D eigenvalue weighted by Crippen LogP contribution is -2.28. The highest BCUT2D eigenvalue weighted by molar-refractivity contribution is 5.51. The monoisotopic (exact) mass is 215 g/mol. The standard InChI is InChI=1S/C15H21N/c1-5-12-9-14-10-15(16(3)4)7-6-13(14)8-11(12)2/h5-6,10,15H,2,7-9H2,1,3-4H3. The molecule has 0 aromatic carbocycles. The molecule has 2 aliphatic rings. The summed E-state index contributed by atoms with van der Waals surface area (Å²) in [6.07, 6.45) is 10.3. The van der Waals surface area contributed by atoms with Crippen molar-refractivity contribution in [3.8, 4) is 0 Å². The molecule has 1 fully saturated rings. The Labute approximate surface area is 98.8 Å². The maximum Gasteiger partial charge on any atom is 0.0312 e. The van der Waals surface area contributed by atoms with E-state index in [9.17, 15) is 0 Å². The molecule has 1 atom stereocenters. The molecule has 1 heteroatoms. The Hall–Kier alpha value is -1.08. The van der Waals surface area contributed by atoms with Gasteiger partial charge in [-0.2, -0.15) is 0 Å². The van der Waals surface area contributed by atoms with Gasteiger partial charge >= 0.3 is 0 Å². The minimum Gasteiger partial charge on any atom is -0.303 e. The van der Waals surface area contributed by atoms with E-state index >= 15 is 0 Å². The largest absolute Gasteiger partial charge is 0.303 e. The van der Waals surface area contributed by atoms with Crippen LogP contribution < -0.4 is 0 Å². The van der Waals surface area contributed by atoms with E-state index in [4.69, 9.17) is 0 Å². The third-order valence-corrected chi connectivity index (χ3v) is 3.66. The molecule has 2 aliphatic carbocycles. The summed E-state index contributed by atoms with van der Waals surface area (Å²) < 4.78 is 0. The topological polar surface area (TPSA) is 3.24 Å². The van der Waals surface area contributed by atoms with Crippen molar-refractivity contribution < 1.29 is 0 Å². The first kappa shape index (κ1) is 11.4. The lowest BCUT2D eigenvalue weighted by atomic mass is 9.79. The number of fused-ring (bicyclic) bond motifs is 1. The van der Waals surface area contributed by atoms with Gasteiger partial charge in [-0.15, -0.1) is 0 Å². The van der Waals surface area contributed by atoms with E-state index in [0.717, 1.165) is 19.3 Å². The molecule has 0 aromatic heterocycles. The smallest absolute Gasteiger partial charge is 0.0312 e. The van der Waals surface area contributed by atoms with Crippen molar-refractivity contribution in [2.45, 2.75) is 32.2 Å². The molecule has 0 aromatic rings. The van der Waals surface area contributed by atoms with E-state index in [1.807, 2.05) is 0 Å². The van der Waals surface area contributed by atoms with Crippen molar-refractivity contribution in [2.75, 3.05) is 14.1 Å². The Kier molecular flexibility index (Phi) is 3.15. The fourth-order valence-electron chi connectivity index (χ4n) is 2.50. The fraction of sp³-hybridized carbons (Fsp3) is 0.467. The lowest BCUT2D eigenvalue weighted by Gasteiger charge is -2.31. The number of allylic oxidation sites excluding steroid dienone is 5. The van der Waals surface area contributed by atoms with Gasteiger partial charge in [-0.05, 0) is 62.6 Å². The Bertz CT molecular complexity index is 394. The molecule has 0 N–H and O–H groups in total. The number of nitrogens with zero attached hydrogens (tertiary/aromatic N) is 1. The van der Waals surface area contributed by atoms with Crippen molar-refractivity contribution in [2.24, 2.45) is 0 Å². The first-order valence-electron chi connectivity index (χ1n) is 6.01. The summed E-state index contributed by atoms with van der Waals surface area (Å²) in [5.41, 5.74) is 5.75. The molecule has 86 valence electrons. The Balaban J connectivity index is 2.24. The zero-order valence-corrected chi connectivity index (χ0v) is 10.6. The van der Waals surface area contributed by atoms with Gasteiger partial charge in [0.1, 0.15) is 0 Å². The van der Waals surface area contributed by atoms with Crippen LogP contribution in [-0.2, 0) is 0 Å². The Morgan fingerprint density at radius 1 is 1.31 bits per heavy atom. The van der Waals surface area contributed by atoms with E-state index in [1.165, 1.54) is 22.3 Å². The zero-order valence-electron chi connectivity index (χ0n) is 10.6. The van der Waals surface area contributed by atoms with Gasteiger partial charge in [0, 0.05) is 6.04 Å². The second-order valence-corrected chi connectivity index (χ2v) is 4.96. The van der Waals surface area contributed by atoms with Gasteiger partial charge in [0.2, 0.25) is 0 Å². The van der Waals surface area contributed by atoms with Crippen molar-refractivity contribution in [3.05, 3.63) is 47.1 Å². The minimum absolute atomic E-state index is 0.572. The highest BCUT2D eigenvalue weighted by atomic mass is 15.1. The maximum atomic E-state index is 4.16. The first-order chi connectivity index (χ1) is 7.61. The van der Waals surface area contributed by atoms with Crippen LogP contribution in [0.4, 0.5) is 0 Å². The van der Waals surface area contributed by atoms with Crippen LogP contribution in [0.3, 0.4) is 0 Å². The molecule has 0 aliphatic heterocycles. The highest BCUT2D eigenvalue weighted by Crippen LogP contribution is 2.38. The minimum atomic E-state index is 0.572. The quantitative estimate of drug-likeness (QED) is 0.647. The van der Waals surface area contributed by atoms with Crippen LogP contribution in [0.15, 0.2) is 47.1 Å². The van der Waals surface area contributed by atoms with Crippen LogP contribution in [0.2, 0.25) is 0 Å². The van der Waals surface area contributed by atoms with E-state index in [-0.39, 0.29) is 0 Å². The zero-order chi connectivity index (χ0) is 11.7. The Morgan fingerprint density at radius 3 is 2.69 bits per heavy atom. The predicted molar refractivity (Wildman–Crippen MR) is 70.4 cm³/mol. The van der Waals surface area contributed by atoms with E-state index in [0.29, 0.717) is 6.04 Å². The molecule has 16 heavy (non-hydrogen) atoms. The second-order valence-electron chi connectivity index (χ2n) is 4.96. The maximum absolute atomic E-state index is 4.16. The van der Waals surface area contributed by atoms with Crippen LogP contribution in [0, 0.1) is 0 Å². The normalized spacial score (nSPS) is 27.9. The van der Waals surface area contributed by atoms with Gasteiger partial charge in [-0.3, -0.25) is 0 Å². The summed E-state index contributed by atoms with van der Waals surface area (Å²) in [6.45, 7) is 6.28. The molecule has 1 nitrogen and oxygen atoms in total. The first-order valence-corrected chi connectivity index (χ1v) is 6.01. The lowest BCUT2D eigenvalue weighted by molar-refractivity contribution is 0.341. The van der Waals surface area contributed by atoms with Gasteiger partial charge in [-0.25, -0.2) is 0 Å². The Morgan fingerprint density at radius 2 is 2.06 bits per heavy atom. The second kappa shape index (κ2) is 4.42. The molecule has 0 heterocycles. The van der Waals surface area contributed by atoms with Gasteiger partial charge in [0.25, 0.3) is 0 Å². The number of likely N-dealkylation sites (N-methyl/N-ethyl adjacent to an activating group) is 1. The average molecular weight is 215 g/mol. The summed E-state index contributed by atoms with van der Waals surface area (Å²) in [4.78, 5) is 2.29. The molecule has 2 rings (SSSR count). The summed E-state index contributed by atoms with van der Waals surface area (Å²) in [5, 5.41) is 0. The summed E-state index contributed by atoms with van der Waals surface area (Å²) >= 11 is 0. The number of hydrogen-bond donors (Lipinski definition) is 0. The van der Waals surface area contributed by atoms with E-state index in [1.54, 1.807) is 0 Å².